The number of nitrogens with two attached hydrogens (primary N) is 1. The average Bonchev–Trinajstić information content (AvgIpc) is 2.79. The van der Waals surface area contributed by atoms with Crippen molar-refractivity contribution in [1.29, 1.82) is 0 Å². The van der Waals surface area contributed by atoms with E-state index >= 15 is 0 Å². The van der Waals surface area contributed by atoms with Gasteiger partial charge in [0.1, 0.15) is 11.4 Å². The number of rotatable bonds is 2. The summed E-state index contributed by atoms with van der Waals surface area (Å²) in [6, 6.07) is 1.24. The van der Waals surface area contributed by atoms with E-state index < -0.39 is 34.9 Å². The number of nitrogens with one attached hydrogen (secondary N) is 2. The van der Waals surface area contributed by atoms with Gasteiger partial charge in [0.2, 0.25) is 0 Å². The molecule has 0 saturated carbocycles. The Morgan fingerprint density at radius 2 is 1.68 bits per heavy atom. The normalized spacial score (nSPS) is 10.5. The van der Waals surface area contributed by atoms with E-state index in [0.717, 1.165) is 0 Å². The highest BCUT2D eigenvalue weighted by atomic mass is 19.2. The second kappa shape index (κ2) is 4.63. The number of halogens is 4. The predicted octanol–water partition coefficient (Wildman–Crippen LogP) is 2.41. The van der Waals surface area contributed by atoms with E-state index in [1.165, 1.54) is 12.3 Å². The molecule has 2 aromatic rings. The number of nitrogen functional groups attached to an aromatic ring is 1. The van der Waals surface area contributed by atoms with Crippen molar-refractivity contribution in [1.82, 2.24) is 4.98 Å². The zero-order chi connectivity index (χ0) is 14.2. The fourth-order valence-corrected chi connectivity index (χ4v) is 1.41. The minimum atomic E-state index is -1.69. The van der Waals surface area contributed by atoms with Crippen LogP contribution in [0.25, 0.3) is 0 Å². The molecule has 1 aromatic carbocycles. The van der Waals surface area contributed by atoms with E-state index in [2.05, 4.69) is 4.98 Å². The van der Waals surface area contributed by atoms with Gasteiger partial charge < -0.3 is 16.0 Å². The molecule has 0 aliphatic carbocycles. The number of aromatic nitrogens is 1. The molecule has 0 spiro atoms. The molecular weight excluding hydrogens is 266 g/mol. The fourth-order valence-electron chi connectivity index (χ4n) is 1.41. The first-order valence-electron chi connectivity index (χ1n) is 4.98. The highest BCUT2D eigenvalue weighted by Gasteiger charge is 2.21. The van der Waals surface area contributed by atoms with Crippen LogP contribution in [0.15, 0.2) is 18.3 Å². The molecule has 0 unspecified atom stereocenters. The van der Waals surface area contributed by atoms with Crippen molar-refractivity contribution in [2.24, 2.45) is 0 Å². The van der Waals surface area contributed by atoms with E-state index in [-0.39, 0.29) is 17.4 Å². The lowest BCUT2D eigenvalue weighted by Crippen LogP contribution is -2.16. The number of amides is 1. The SMILES string of the molecule is Nc1c[nH]c(C(=O)Nc2c(F)c(F)cc(F)c2F)c1. The molecule has 2 rings (SSSR count). The van der Waals surface area contributed by atoms with E-state index in [4.69, 9.17) is 5.73 Å². The molecule has 4 nitrogen and oxygen atoms in total. The Labute approximate surface area is 104 Å². The van der Waals surface area contributed by atoms with Gasteiger partial charge in [0.25, 0.3) is 5.91 Å². The first kappa shape index (κ1) is 12.9. The molecule has 1 heterocycles. The molecule has 0 atom stereocenters. The minimum absolute atomic E-state index is 0.0486. The maximum atomic E-state index is 13.3. The Morgan fingerprint density at radius 1 is 1.11 bits per heavy atom. The van der Waals surface area contributed by atoms with Gasteiger partial charge in [0, 0.05) is 18.0 Å². The summed E-state index contributed by atoms with van der Waals surface area (Å²) < 4.78 is 52.4. The maximum Gasteiger partial charge on any atom is 0.272 e. The minimum Gasteiger partial charge on any atom is -0.397 e. The highest BCUT2D eigenvalue weighted by Crippen LogP contribution is 2.24. The van der Waals surface area contributed by atoms with Gasteiger partial charge in [-0.15, -0.1) is 0 Å². The number of hydrogen-bond acceptors (Lipinski definition) is 2. The van der Waals surface area contributed by atoms with Crippen LogP contribution in [0.3, 0.4) is 0 Å². The number of aromatic amines is 1. The van der Waals surface area contributed by atoms with Crippen molar-refractivity contribution in [2.45, 2.75) is 0 Å². The predicted molar refractivity (Wildman–Crippen MR) is 59.4 cm³/mol. The topological polar surface area (TPSA) is 70.9 Å². The summed E-state index contributed by atoms with van der Waals surface area (Å²) in [7, 11) is 0. The molecular formula is C11H7F4N3O. The van der Waals surface area contributed by atoms with Crippen molar-refractivity contribution in [3.8, 4) is 0 Å². The zero-order valence-corrected chi connectivity index (χ0v) is 9.23. The number of hydrogen-bond donors (Lipinski definition) is 3. The summed E-state index contributed by atoms with van der Waals surface area (Å²) in [5, 5.41) is 1.73. The van der Waals surface area contributed by atoms with Crippen LogP contribution in [0.5, 0.6) is 0 Å². The van der Waals surface area contributed by atoms with Gasteiger partial charge in [-0.3, -0.25) is 4.79 Å². The molecule has 19 heavy (non-hydrogen) atoms. The van der Waals surface area contributed by atoms with E-state index in [0.29, 0.717) is 0 Å². The Kier molecular flexibility index (Phi) is 3.16. The Hall–Kier alpha value is -2.51. The molecule has 1 amide bonds. The molecule has 1 aromatic heterocycles. The summed E-state index contributed by atoms with van der Waals surface area (Å²) in [4.78, 5) is 14.0. The van der Waals surface area contributed by atoms with Gasteiger partial charge >= 0.3 is 0 Å². The Balaban J connectivity index is 2.36. The third kappa shape index (κ3) is 2.37. The molecule has 0 fully saturated rings. The average molecular weight is 273 g/mol. The molecule has 0 aliphatic rings. The first-order valence-corrected chi connectivity index (χ1v) is 4.98. The number of carbonyl (C=O) groups is 1. The van der Waals surface area contributed by atoms with Crippen LogP contribution in [0.2, 0.25) is 0 Å². The van der Waals surface area contributed by atoms with Crippen molar-refractivity contribution >= 4 is 17.3 Å². The molecule has 100 valence electrons. The fraction of sp³-hybridized carbons (Fsp3) is 0. The van der Waals surface area contributed by atoms with Crippen LogP contribution >= 0.6 is 0 Å². The standard InChI is InChI=1S/C11H7F4N3O/c12-5-2-6(13)9(15)10(8(5)14)18-11(19)7-1-4(16)3-17-7/h1-3,17H,16H2,(H,18,19). The van der Waals surface area contributed by atoms with Gasteiger partial charge in [-0.2, -0.15) is 0 Å². The number of anilines is 2. The van der Waals surface area contributed by atoms with Crippen LogP contribution < -0.4 is 11.1 Å². The summed E-state index contributed by atoms with van der Waals surface area (Å²) in [6.07, 6.45) is 1.27. The lowest BCUT2D eigenvalue weighted by atomic mass is 10.2. The smallest absolute Gasteiger partial charge is 0.272 e. The van der Waals surface area contributed by atoms with Crippen LogP contribution in [-0.4, -0.2) is 10.9 Å². The van der Waals surface area contributed by atoms with Crippen molar-refractivity contribution in [3.05, 3.63) is 47.3 Å². The van der Waals surface area contributed by atoms with E-state index in [1.54, 1.807) is 5.32 Å². The van der Waals surface area contributed by atoms with Crippen LogP contribution in [-0.2, 0) is 0 Å². The number of benzene rings is 1. The molecule has 0 aliphatic heterocycles. The second-order valence-electron chi connectivity index (χ2n) is 3.64. The third-order valence-electron chi connectivity index (χ3n) is 2.30. The largest absolute Gasteiger partial charge is 0.397 e. The van der Waals surface area contributed by atoms with Crippen molar-refractivity contribution in [3.63, 3.8) is 0 Å². The summed E-state index contributed by atoms with van der Waals surface area (Å²) >= 11 is 0. The lowest BCUT2D eigenvalue weighted by molar-refractivity contribution is 0.102. The molecule has 0 saturated heterocycles. The quantitative estimate of drug-likeness (QED) is 0.581. The molecule has 0 radical (unpaired) electrons. The molecule has 8 heteroatoms. The monoisotopic (exact) mass is 273 g/mol. The summed E-state index contributed by atoms with van der Waals surface area (Å²) in [5.74, 6) is -7.58. The zero-order valence-electron chi connectivity index (χ0n) is 9.23. The Bertz CT molecular complexity index is 627. The highest BCUT2D eigenvalue weighted by molar-refractivity contribution is 6.03. The number of H-pyrrole nitrogens is 1. The van der Waals surface area contributed by atoms with Crippen LogP contribution in [0.1, 0.15) is 10.5 Å². The Morgan fingerprint density at radius 3 is 2.16 bits per heavy atom. The van der Waals surface area contributed by atoms with Gasteiger partial charge in [0.15, 0.2) is 23.3 Å². The van der Waals surface area contributed by atoms with Gasteiger partial charge in [-0.25, -0.2) is 17.6 Å². The van der Waals surface area contributed by atoms with Gasteiger partial charge in [-0.05, 0) is 6.07 Å². The molecule has 0 bridgehead atoms. The van der Waals surface area contributed by atoms with Crippen LogP contribution in [0.4, 0.5) is 28.9 Å². The lowest BCUT2D eigenvalue weighted by Gasteiger charge is -2.07. The van der Waals surface area contributed by atoms with Crippen molar-refractivity contribution in [2.75, 3.05) is 11.1 Å². The number of carbonyl (C=O) groups excluding carboxylic acids is 1. The van der Waals surface area contributed by atoms with Gasteiger partial charge in [0.05, 0.1) is 0 Å². The second-order valence-corrected chi connectivity index (χ2v) is 3.64. The third-order valence-corrected chi connectivity index (χ3v) is 2.30. The van der Waals surface area contributed by atoms with Gasteiger partial charge in [-0.1, -0.05) is 0 Å². The maximum absolute atomic E-state index is 13.3. The van der Waals surface area contributed by atoms with Crippen molar-refractivity contribution < 1.29 is 22.4 Å². The van der Waals surface area contributed by atoms with E-state index in [1.807, 2.05) is 0 Å². The van der Waals surface area contributed by atoms with Crippen LogP contribution in [0, 0.1) is 23.3 Å². The summed E-state index contributed by atoms with van der Waals surface area (Å²) in [6.45, 7) is 0. The van der Waals surface area contributed by atoms with E-state index in [9.17, 15) is 22.4 Å². The summed E-state index contributed by atoms with van der Waals surface area (Å²) in [5.41, 5.74) is 4.25. The molecule has 4 N–H and O–H groups in total. The first-order chi connectivity index (χ1) is 8.90.